The van der Waals surface area contributed by atoms with Crippen molar-refractivity contribution in [2.75, 3.05) is 45.2 Å². The first-order valence-electron chi connectivity index (χ1n) is 13.3. The number of primary amides is 1. The van der Waals surface area contributed by atoms with Gasteiger partial charge in [0.2, 0.25) is 5.91 Å². The highest BCUT2D eigenvalue weighted by Crippen LogP contribution is 2.42. The molecule has 1 aliphatic carbocycles. The predicted molar refractivity (Wildman–Crippen MR) is 152 cm³/mol. The number of aromatic nitrogens is 2. The van der Waals surface area contributed by atoms with Crippen LogP contribution in [-0.4, -0.2) is 77.1 Å². The van der Waals surface area contributed by atoms with Crippen molar-refractivity contribution < 1.29 is 19.1 Å². The van der Waals surface area contributed by atoms with Crippen LogP contribution in [0.1, 0.15) is 41.3 Å². The number of anilines is 1. The number of rotatable bonds is 6. The van der Waals surface area contributed by atoms with E-state index in [4.69, 9.17) is 22.3 Å². The zero-order valence-electron chi connectivity index (χ0n) is 22.5. The number of aliphatic hydroxyl groups is 1. The number of nitrogens with zero attached hydrogens (tertiary/aromatic N) is 5. The summed E-state index contributed by atoms with van der Waals surface area (Å²) in [4.78, 5) is 38.3. The molecule has 11 heteroatoms. The van der Waals surface area contributed by atoms with Crippen LogP contribution in [0.25, 0.3) is 10.9 Å². The minimum Gasteiger partial charge on any atom is -0.512 e. The van der Waals surface area contributed by atoms with E-state index in [0.29, 0.717) is 68.9 Å². The zero-order valence-corrected chi connectivity index (χ0v) is 23.3. The van der Waals surface area contributed by atoms with Crippen LogP contribution in [-0.2, 0) is 17.6 Å². The molecule has 5 rings (SSSR count). The second kappa shape index (κ2) is 11.3. The van der Waals surface area contributed by atoms with Gasteiger partial charge in [0.1, 0.15) is 17.2 Å². The van der Waals surface area contributed by atoms with Crippen molar-refractivity contribution in [3.8, 4) is 0 Å². The predicted octanol–water partition coefficient (Wildman–Crippen LogP) is 4.16. The van der Waals surface area contributed by atoms with Gasteiger partial charge in [-0.15, -0.1) is 0 Å². The number of hydrogen-bond donors (Lipinski definition) is 2. The molecule has 9 nitrogen and oxygen atoms in total. The van der Waals surface area contributed by atoms with Crippen molar-refractivity contribution in [1.82, 2.24) is 19.8 Å². The van der Waals surface area contributed by atoms with Crippen LogP contribution >= 0.6 is 11.6 Å². The smallest absolute Gasteiger partial charge is 0.314 e. The topological polar surface area (TPSA) is 116 Å². The number of nitrogens with two attached hydrogens (primary N) is 1. The molecule has 1 aromatic heterocycles. The highest BCUT2D eigenvalue weighted by Gasteiger charge is 2.30. The Labute approximate surface area is 237 Å². The zero-order chi connectivity index (χ0) is 28.6. The number of carbonyl (C=O) groups is 2. The molecular weight excluding hydrogens is 535 g/mol. The Morgan fingerprint density at radius 2 is 1.90 bits per heavy atom. The summed E-state index contributed by atoms with van der Waals surface area (Å²) in [5.41, 5.74) is 7.61. The van der Waals surface area contributed by atoms with Crippen molar-refractivity contribution in [2.24, 2.45) is 5.73 Å². The van der Waals surface area contributed by atoms with E-state index in [2.05, 4.69) is 4.98 Å². The molecule has 0 bridgehead atoms. The normalized spacial score (nSPS) is 17.0. The van der Waals surface area contributed by atoms with Gasteiger partial charge in [-0.25, -0.2) is 19.2 Å². The third kappa shape index (κ3) is 5.40. The molecule has 40 heavy (non-hydrogen) atoms. The lowest BCUT2D eigenvalue weighted by molar-refractivity contribution is -0.128. The SMILES string of the molecule is CN(C)C(=O)CCCc1nc(N2CCN(C(N)=O)CC2)c2cc(Cl)c(C3C=C(O)Cc4ccccc43)c(F)c2n1. The van der Waals surface area contributed by atoms with Crippen LogP contribution in [0.2, 0.25) is 5.02 Å². The lowest BCUT2D eigenvalue weighted by Gasteiger charge is -2.35. The fourth-order valence-corrected chi connectivity index (χ4v) is 5.72. The van der Waals surface area contributed by atoms with Crippen LogP contribution in [0, 0.1) is 5.82 Å². The van der Waals surface area contributed by atoms with Crippen molar-refractivity contribution in [3.05, 3.63) is 75.5 Å². The van der Waals surface area contributed by atoms with Crippen LogP contribution in [0.15, 0.2) is 42.2 Å². The molecule has 3 N–H and O–H groups in total. The summed E-state index contributed by atoms with van der Waals surface area (Å²) in [6.45, 7) is 1.73. The number of hydrogen-bond acceptors (Lipinski definition) is 6. The molecule has 0 radical (unpaired) electrons. The number of amides is 3. The summed E-state index contributed by atoms with van der Waals surface area (Å²) in [6, 6.07) is 8.80. The number of aryl methyl sites for hydroxylation is 1. The van der Waals surface area contributed by atoms with E-state index in [-0.39, 0.29) is 27.8 Å². The van der Waals surface area contributed by atoms with E-state index in [0.717, 1.165) is 11.1 Å². The molecule has 2 heterocycles. The number of carbonyl (C=O) groups excluding carboxylic acids is 2. The first kappa shape index (κ1) is 27.6. The Balaban J connectivity index is 1.60. The lowest BCUT2D eigenvalue weighted by atomic mass is 9.82. The Bertz CT molecular complexity index is 1500. The Hall–Kier alpha value is -3.92. The molecular formula is C29H32ClFN6O3. The number of piperazine rings is 1. The lowest BCUT2D eigenvalue weighted by Crippen LogP contribution is -2.50. The molecule has 1 unspecified atom stereocenters. The van der Waals surface area contributed by atoms with E-state index in [1.54, 1.807) is 31.1 Å². The minimum atomic E-state index is -0.583. The number of aliphatic hydroxyl groups excluding tert-OH is 1. The molecule has 210 valence electrons. The third-order valence-corrected chi connectivity index (χ3v) is 7.87. The number of benzene rings is 2. The van der Waals surface area contributed by atoms with Gasteiger partial charge in [0.05, 0.1) is 5.76 Å². The Kier molecular flexibility index (Phi) is 7.80. The molecule has 1 saturated heterocycles. The number of urea groups is 1. The maximum atomic E-state index is 16.6. The molecule has 0 spiro atoms. The second-order valence-electron chi connectivity index (χ2n) is 10.4. The summed E-state index contributed by atoms with van der Waals surface area (Å²) < 4.78 is 16.6. The first-order chi connectivity index (χ1) is 19.1. The Morgan fingerprint density at radius 3 is 2.60 bits per heavy atom. The maximum absolute atomic E-state index is 16.6. The van der Waals surface area contributed by atoms with Gasteiger partial charge in [0.15, 0.2) is 5.82 Å². The monoisotopic (exact) mass is 566 g/mol. The molecule has 3 aromatic rings. The quantitative estimate of drug-likeness (QED) is 0.463. The number of allylic oxidation sites excluding steroid dienone is 2. The van der Waals surface area contributed by atoms with Crippen LogP contribution in [0.3, 0.4) is 0 Å². The summed E-state index contributed by atoms with van der Waals surface area (Å²) in [5, 5.41) is 11.1. The number of fused-ring (bicyclic) bond motifs is 2. The first-order valence-corrected chi connectivity index (χ1v) is 13.7. The van der Waals surface area contributed by atoms with E-state index >= 15 is 4.39 Å². The van der Waals surface area contributed by atoms with Gasteiger partial charge in [-0.2, -0.15) is 0 Å². The molecule has 1 atom stereocenters. The van der Waals surface area contributed by atoms with Crippen molar-refractivity contribution in [3.63, 3.8) is 0 Å². The third-order valence-electron chi connectivity index (χ3n) is 7.56. The molecule has 3 amide bonds. The average Bonchev–Trinajstić information content (AvgIpc) is 2.93. The van der Waals surface area contributed by atoms with Crippen LogP contribution in [0.5, 0.6) is 0 Å². The van der Waals surface area contributed by atoms with Gasteiger partial charge in [-0.3, -0.25) is 4.79 Å². The molecule has 1 aliphatic heterocycles. The van der Waals surface area contributed by atoms with Gasteiger partial charge in [0.25, 0.3) is 0 Å². The average molecular weight is 567 g/mol. The van der Waals surface area contributed by atoms with E-state index in [9.17, 15) is 14.7 Å². The fraction of sp³-hybridized carbons (Fsp3) is 0.379. The molecule has 1 fully saturated rings. The summed E-state index contributed by atoms with van der Waals surface area (Å²) >= 11 is 6.78. The molecule has 2 aliphatic rings. The van der Waals surface area contributed by atoms with Crippen molar-refractivity contribution in [1.29, 1.82) is 0 Å². The maximum Gasteiger partial charge on any atom is 0.314 e. The second-order valence-corrected chi connectivity index (χ2v) is 10.8. The van der Waals surface area contributed by atoms with Crippen LogP contribution < -0.4 is 10.6 Å². The largest absolute Gasteiger partial charge is 0.512 e. The van der Waals surface area contributed by atoms with Gasteiger partial charge in [-0.1, -0.05) is 35.9 Å². The fourth-order valence-electron chi connectivity index (χ4n) is 5.41. The summed E-state index contributed by atoms with van der Waals surface area (Å²) in [5.74, 6) is -0.0646. The van der Waals surface area contributed by atoms with Gasteiger partial charge in [-0.05, 0) is 29.7 Å². The van der Waals surface area contributed by atoms with Gasteiger partial charge in [0, 0.05) is 81.4 Å². The van der Waals surface area contributed by atoms with Gasteiger partial charge >= 0.3 is 6.03 Å². The van der Waals surface area contributed by atoms with Crippen molar-refractivity contribution in [2.45, 2.75) is 31.6 Å². The van der Waals surface area contributed by atoms with Gasteiger partial charge < -0.3 is 25.5 Å². The molecule has 2 aromatic carbocycles. The highest BCUT2D eigenvalue weighted by molar-refractivity contribution is 6.32. The Morgan fingerprint density at radius 1 is 1.18 bits per heavy atom. The minimum absolute atomic E-state index is 0.00797. The molecule has 0 saturated carbocycles. The van der Waals surface area contributed by atoms with Crippen molar-refractivity contribution >= 4 is 40.3 Å². The highest BCUT2D eigenvalue weighted by atomic mass is 35.5. The van der Waals surface area contributed by atoms with E-state index in [1.807, 2.05) is 29.2 Å². The van der Waals surface area contributed by atoms with Crippen LogP contribution in [0.4, 0.5) is 15.0 Å². The van der Waals surface area contributed by atoms with E-state index < -0.39 is 17.8 Å². The summed E-state index contributed by atoms with van der Waals surface area (Å²) in [7, 11) is 3.41. The summed E-state index contributed by atoms with van der Waals surface area (Å²) in [6.07, 6.45) is 3.22. The van der Waals surface area contributed by atoms with E-state index in [1.165, 1.54) is 4.90 Å². The number of halogens is 2. The standard InChI is InChI=1S/C29H32ClFN6O3/c1-35(2)24(39)9-5-8-23-33-27-21(28(34-23)36-10-12-37(13-11-36)29(32)40)16-22(30)25(26(27)31)20-15-18(38)14-17-6-3-4-7-19(17)20/h3-4,6-7,15-16,20,38H,5,8-14H2,1-2H3,(H2,32,40).